The van der Waals surface area contributed by atoms with E-state index in [9.17, 15) is 4.79 Å². The van der Waals surface area contributed by atoms with Gasteiger partial charge in [0.25, 0.3) is 5.91 Å². The number of aromatic nitrogens is 4. The zero-order valence-corrected chi connectivity index (χ0v) is 15.6. The van der Waals surface area contributed by atoms with Gasteiger partial charge in [0.15, 0.2) is 0 Å². The Morgan fingerprint density at radius 2 is 1.88 bits per heavy atom. The van der Waals surface area contributed by atoms with Crippen LogP contribution in [0.15, 0.2) is 6.07 Å². The minimum Gasteiger partial charge on any atom is -0.345 e. The molecule has 0 radical (unpaired) electrons. The van der Waals surface area contributed by atoms with Crippen LogP contribution in [-0.2, 0) is 0 Å². The molecule has 0 spiro atoms. The molecule has 1 aliphatic carbocycles. The van der Waals surface area contributed by atoms with Crippen LogP contribution in [0.3, 0.4) is 0 Å². The second-order valence-corrected chi connectivity index (χ2v) is 7.58. The van der Waals surface area contributed by atoms with Crippen molar-refractivity contribution >= 4 is 5.91 Å². The molecule has 6 heteroatoms. The lowest BCUT2D eigenvalue weighted by Gasteiger charge is -2.33. The van der Waals surface area contributed by atoms with Crippen molar-refractivity contribution in [2.24, 2.45) is 0 Å². The maximum atomic E-state index is 13.2. The van der Waals surface area contributed by atoms with Crippen LogP contribution >= 0.6 is 0 Å². The molecule has 6 nitrogen and oxygen atoms in total. The molecule has 2 aromatic heterocycles. The first-order valence-corrected chi connectivity index (χ1v) is 9.33. The highest BCUT2D eigenvalue weighted by Crippen LogP contribution is 2.38. The van der Waals surface area contributed by atoms with Gasteiger partial charge in [0.05, 0.1) is 11.6 Å². The Balaban J connectivity index is 1.56. The molecule has 4 rings (SSSR count). The number of carbonyl (C=O) groups excluding carboxylic acids is 1. The molecule has 2 fully saturated rings. The van der Waals surface area contributed by atoms with Crippen molar-refractivity contribution in [1.29, 1.82) is 0 Å². The van der Waals surface area contributed by atoms with Gasteiger partial charge in [-0.05, 0) is 59.4 Å². The Morgan fingerprint density at radius 1 is 1.12 bits per heavy atom. The second-order valence-electron chi connectivity index (χ2n) is 7.58. The molecule has 0 unspecified atom stereocenters. The van der Waals surface area contributed by atoms with Crippen molar-refractivity contribution in [3.63, 3.8) is 0 Å². The summed E-state index contributed by atoms with van der Waals surface area (Å²) in [5, 5.41) is 4.53. The lowest BCUT2D eigenvalue weighted by Crippen LogP contribution is -2.41. The average molecular weight is 341 g/mol. The summed E-state index contributed by atoms with van der Waals surface area (Å²) in [7, 11) is 0. The largest absolute Gasteiger partial charge is 0.345 e. The van der Waals surface area contributed by atoms with Crippen LogP contribution in [0, 0.1) is 27.7 Å². The SMILES string of the molecule is Cc1nc(C)n([C@@H]2CCCN(C(=O)c3cc(C)n(C4CC4)c3C)C2)n1. The van der Waals surface area contributed by atoms with Crippen LogP contribution in [0.2, 0.25) is 0 Å². The van der Waals surface area contributed by atoms with Crippen LogP contribution in [0.25, 0.3) is 0 Å². The summed E-state index contributed by atoms with van der Waals surface area (Å²) in [6.07, 6.45) is 4.53. The van der Waals surface area contributed by atoms with E-state index in [0.29, 0.717) is 6.04 Å². The van der Waals surface area contributed by atoms with Gasteiger partial charge in [-0.1, -0.05) is 0 Å². The van der Waals surface area contributed by atoms with E-state index in [1.165, 1.54) is 18.5 Å². The molecule has 1 aliphatic heterocycles. The van der Waals surface area contributed by atoms with Crippen molar-refractivity contribution in [3.05, 3.63) is 34.7 Å². The smallest absolute Gasteiger partial charge is 0.255 e. The van der Waals surface area contributed by atoms with E-state index in [1.54, 1.807) is 0 Å². The lowest BCUT2D eigenvalue weighted by atomic mass is 10.0. The number of piperidine rings is 1. The maximum absolute atomic E-state index is 13.2. The molecule has 2 aliphatic rings. The fraction of sp³-hybridized carbons (Fsp3) is 0.632. The van der Waals surface area contributed by atoms with Crippen molar-refractivity contribution in [3.8, 4) is 0 Å². The van der Waals surface area contributed by atoms with Gasteiger partial charge in [-0.2, -0.15) is 5.10 Å². The highest BCUT2D eigenvalue weighted by atomic mass is 16.2. The van der Waals surface area contributed by atoms with Gasteiger partial charge < -0.3 is 9.47 Å². The zero-order chi connectivity index (χ0) is 17.7. The molecule has 25 heavy (non-hydrogen) atoms. The lowest BCUT2D eigenvalue weighted by molar-refractivity contribution is 0.0670. The molecule has 3 heterocycles. The molecule has 1 amide bonds. The first-order chi connectivity index (χ1) is 12.0. The predicted octanol–water partition coefficient (Wildman–Crippen LogP) is 3.13. The molecule has 2 aromatic rings. The molecule has 134 valence electrons. The van der Waals surface area contributed by atoms with E-state index in [1.807, 2.05) is 23.4 Å². The molecular formula is C19H27N5O. The van der Waals surface area contributed by atoms with Gasteiger partial charge in [-0.25, -0.2) is 9.67 Å². The maximum Gasteiger partial charge on any atom is 0.255 e. The molecule has 1 atom stereocenters. The van der Waals surface area contributed by atoms with E-state index in [4.69, 9.17) is 0 Å². The van der Waals surface area contributed by atoms with Gasteiger partial charge in [0.1, 0.15) is 11.6 Å². The van der Waals surface area contributed by atoms with Crippen LogP contribution < -0.4 is 0 Å². The summed E-state index contributed by atoms with van der Waals surface area (Å²) in [4.78, 5) is 19.6. The number of hydrogen-bond donors (Lipinski definition) is 0. The number of hydrogen-bond acceptors (Lipinski definition) is 3. The highest BCUT2D eigenvalue weighted by molar-refractivity contribution is 5.95. The number of likely N-dealkylation sites (tertiary alicyclic amines) is 1. The Labute approximate surface area is 148 Å². The van der Waals surface area contributed by atoms with Gasteiger partial charge in [-0.15, -0.1) is 0 Å². The Morgan fingerprint density at radius 3 is 2.52 bits per heavy atom. The number of nitrogens with zero attached hydrogens (tertiary/aromatic N) is 5. The summed E-state index contributed by atoms with van der Waals surface area (Å²) < 4.78 is 4.35. The van der Waals surface area contributed by atoms with E-state index >= 15 is 0 Å². The molecule has 1 saturated heterocycles. The summed E-state index contributed by atoms with van der Waals surface area (Å²) in [6, 6.07) is 2.91. The Hall–Kier alpha value is -2.11. The Kier molecular flexibility index (Phi) is 3.93. The fourth-order valence-electron chi connectivity index (χ4n) is 4.28. The van der Waals surface area contributed by atoms with Crippen LogP contribution in [0.5, 0.6) is 0 Å². The number of aryl methyl sites for hydroxylation is 3. The third-order valence-corrected chi connectivity index (χ3v) is 5.56. The van der Waals surface area contributed by atoms with Crippen LogP contribution in [0.4, 0.5) is 0 Å². The first kappa shape index (κ1) is 16.4. The van der Waals surface area contributed by atoms with E-state index in [-0.39, 0.29) is 11.9 Å². The van der Waals surface area contributed by atoms with Gasteiger partial charge in [0, 0.05) is 30.5 Å². The van der Waals surface area contributed by atoms with Crippen molar-refractivity contribution in [2.45, 2.75) is 65.5 Å². The Bertz CT molecular complexity index is 814. The van der Waals surface area contributed by atoms with Crippen LogP contribution in [-0.4, -0.2) is 43.2 Å². The highest BCUT2D eigenvalue weighted by Gasteiger charge is 2.32. The first-order valence-electron chi connectivity index (χ1n) is 9.33. The fourth-order valence-corrected chi connectivity index (χ4v) is 4.28. The summed E-state index contributed by atoms with van der Waals surface area (Å²) in [6.45, 7) is 9.66. The minimum atomic E-state index is 0.166. The van der Waals surface area contributed by atoms with Crippen LogP contribution in [0.1, 0.15) is 71.2 Å². The summed E-state index contributed by atoms with van der Waals surface area (Å²) in [5.41, 5.74) is 3.20. The normalized spacial score (nSPS) is 21.0. The third kappa shape index (κ3) is 2.87. The molecule has 0 N–H and O–H groups in total. The molecule has 0 aromatic carbocycles. The number of amides is 1. The third-order valence-electron chi connectivity index (χ3n) is 5.56. The predicted molar refractivity (Wildman–Crippen MR) is 95.8 cm³/mol. The molecular weight excluding hydrogens is 314 g/mol. The van der Waals surface area contributed by atoms with E-state index in [0.717, 1.165) is 48.8 Å². The van der Waals surface area contributed by atoms with Gasteiger partial charge in [-0.3, -0.25) is 4.79 Å². The number of carbonyl (C=O) groups is 1. The second kappa shape index (κ2) is 6.00. The number of rotatable bonds is 3. The molecule has 0 bridgehead atoms. The topological polar surface area (TPSA) is 56.0 Å². The van der Waals surface area contributed by atoms with Gasteiger partial charge >= 0.3 is 0 Å². The van der Waals surface area contributed by atoms with Crippen molar-refractivity contribution in [1.82, 2.24) is 24.2 Å². The van der Waals surface area contributed by atoms with Gasteiger partial charge in [0.2, 0.25) is 0 Å². The quantitative estimate of drug-likeness (QED) is 0.862. The standard InChI is InChI=1S/C19H27N5O/c1-12-10-18(13(2)23(12)16-7-8-16)19(25)22-9-5-6-17(11-22)24-15(4)20-14(3)21-24/h10,16-17H,5-9,11H2,1-4H3/t17-/m1/s1. The van der Waals surface area contributed by atoms with Crippen molar-refractivity contribution in [2.75, 3.05) is 13.1 Å². The summed E-state index contributed by atoms with van der Waals surface area (Å²) in [5.74, 6) is 1.90. The molecule has 1 saturated carbocycles. The zero-order valence-electron chi connectivity index (χ0n) is 15.6. The minimum absolute atomic E-state index is 0.166. The van der Waals surface area contributed by atoms with Crippen molar-refractivity contribution < 1.29 is 4.79 Å². The monoisotopic (exact) mass is 341 g/mol. The average Bonchev–Trinajstić information content (AvgIpc) is 3.29. The van der Waals surface area contributed by atoms with E-state index < -0.39 is 0 Å². The van der Waals surface area contributed by atoms with E-state index in [2.05, 4.69) is 34.6 Å². The summed E-state index contributed by atoms with van der Waals surface area (Å²) >= 11 is 0.